The first-order chi connectivity index (χ1) is 49.6. The van der Waals surface area contributed by atoms with Gasteiger partial charge in [-0.25, -0.2) is 19.6 Å². The number of nitrogens with one attached hydrogen (secondary N) is 3. The molecule has 102 heavy (non-hydrogen) atoms. The highest BCUT2D eigenvalue weighted by Crippen LogP contribution is 2.38. The second-order valence-electron chi connectivity index (χ2n) is 23.5. The van der Waals surface area contributed by atoms with E-state index in [1.165, 1.54) is 7.11 Å². The van der Waals surface area contributed by atoms with Gasteiger partial charge in [0.1, 0.15) is 42.3 Å². The fraction of sp³-hybridized carbons (Fsp3) is 0.195. The highest BCUT2D eigenvalue weighted by molar-refractivity contribution is 9.10. The van der Waals surface area contributed by atoms with Crippen LogP contribution in [-0.4, -0.2) is 131 Å². The Morgan fingerprint density at radius 1 is 0.539 bits per heavy atom. The Kier molecular flexibility index (Phi) is 22.2. The number of fused-ring (bicyclic) bond motifs is 4. The van der Waals surface area contributed by atoms with Crippen LogP contribution in [0.2, 0.25) is 0 Å². The number of cyclic esters (lactones) is 2. The van der Waals surface area contributed by atoms with Crippen molar-refractivity contribution in [3.05, 3.63) is 217 Å². The van der Waals surface area contributed by atoms with Crippen molar-refractivity contribution in [2.75, 3.05) is 54.2 Å². The molecule has 15 rings (SSSR count). The van der Waals surface area contributed by atoms with Gasteiger partial charge in [0.25, 0.3) is 0 Å². The zero-order valence-electron chi connectivity index (χ0n) is 55.9. The zero-order chi connectivity index (χ0) is 71.1. The number of alkyl carbamates (subject to hydrolysis) is 2. The third-order valence-corrected chi connectivity index (χ3v) is 17.1. The fourth-order valence-electron chi connectivity index (χ4n) is 11.4. The van der Waals surface area contributed by atoms with Gasteiger partial charge in [0.15, 0.2) is 23.7 Å². The van der Waals surface area contributed by atoms with Crippen LogP contribution >= 0.6 is 15.9 Å². The van der Waals surface area contributed by atoms with Crippen molar-refractivity contribution in [3.63, 3.8) is 0 Å². The Morgan fingerprint density at radius 2 is 1.04 bits per heavy atom. The topological polar surface area (TPSA) is 307 Å². The maximum Gasteiger partial charge on any atom is 0.407 e. The number of phenols is 1. The first kappa shape index (κ1) is 69.5. The summed E-state index contributed by atoms with van der Waals surface area (Å²) in [5, 5.41) is 21.6. The number of nitrogens with two attached hydrogens (primary N) is 1. The number of hydrogen-bond donors (Lipinski definition) is 5. The number of benzene rings is 5. The number of aromatic hydroxyl groups is 1. The molecule has 7 aromatic heterocycles. The molecular formula is C77H70BrN11O13. The molecule has 4 atom stereocenters. The normalized spacial score (nSPS) is 15.3. The van der Waals surface area contributed by atoms with Gasteiger partial charge in [-0.15, -0.1) is 0 Å². The zero-order valence-corrected chi connectivity index (χ0v) is 57.5. The number of aromatic nitrogens is 7. The summed E-state index contributed by atoms with van der Waals surface area (Å²) in [6.45, 7) is 8.21. The Morgan fingerprint density at radius 3 is 1.55 bits per heavy atom. The van der Waals surface area contributed by atoms with Crippen LogP contribution in [0.4, 0.5) is 9.59 Å². The van der Waals surface area contributed by atoms with Gasteiger partial charge in [-0.1, -0.05) is 28.6 Å². The summed E-state index contributed by atoms with van der Waals surface area (Å²) >= 11 is 3.48. The number of carbonyl (C=O) groups excluding carboxylic acids is 3. The highest BCUT2D eigenvalue weighted by atomic mass is 79.9. The summed E-state index contributed by atoms with van der Waals surface area (Å²) in [5.74, 6) is 4.69. The Balaban J connectivity index is 0.000000129. The third-order valence-electron chi connectivity index (χ3n) is 16.6. The molecule has 0 spiro atoms. The monoisotopic (exact) mass is 1440 g/mol. The number of hydrogen-bond acceptors (Lipinski definition) is 21. The van der Waals surface area contributed by atoms with E-state index in [2.05, 4.69) is 73.3 Å². The van der Waals surface area contributed by atoms with Gasteiger partial charge < -0.3 is 69.4 Å². The van der Waals surface area contributed by atoms with E-state index in [1.54, 1.807) is 69.7 Å². The fourth-order valence-corrected chi connectivity index (χ4v) is 11.8. The molecule has 518 valence electrons. The summed E-state index contributed by atoms with van der Waals surface area (Å²) in [6.07, 6.45) is 10.9. The molecule has 3 amide bonds. The van der Waals surface area contributed by atoms with E-state index in [9.17, 15) is 19.5 Å². The van der Waals surface area contributed by atoms with Crippen molar-refractivity contribution in [2.24, 2.45) is 11.7 Å². The number of amides is 3. The van der Waals surface area contributed by atoms with Gasteiger partial charge in [0, 0.05) is 123 Å². The van der Waals surface area contributed by atoms with Crippen molar-refractivity contribution < 1.29 is 62.1 Å². The number of ether oxygens (including phenoxy) is 9. The van der Waals surface area contributed by atoms with Gasteiger partial charge >= 0.3 is 12.2 Å². The molecule has 0 saturated carbocycles. The first-order valence-corrected chi connectivity index (χ1v) is 33.1. The molecule has 3 aliphatic rings. The van der Waals surface area contributed by atoms with Crippen LogP contribution in [0.25, 0.3) is 82.7 Å². The minimum atomic E-state index is -0.417. The largest absolute Gasteiger partial charge is 0.504 e. The summed E-state index contributed by atoms with van der Waals surface area (Å²) in [5.41, 5.74) is 16.7. The molecule has 12 aromatic rings. The molecular weight excluding hydrogens is 1370 g/mol. The van der Waals surface area contributed by atoms with Crippen molar-refractivity contribution in [3.8, 4) is 79.6 Å². The van der Waals surface area contributed by atoms with Crippen molar-refractivity contribution in [1.82, 2.24) is 50.8 Å². The predicted molar refractivity (Wildman–Crippen MR) is 388 cm³/mol. The van der Waals surface area contributed by atoms with E-state index in [0.717, 1.165) is 104 Å². The van der Waals surface area contributed by atoms with Crippen LogP contribution in [0.15, 0.2) is 206 Å². The van der Waals surface area contributed by atoms with Crippen molar-refractivity contribution >= 4 is 83.3 Å². The Hall–Kier alpha value is -12.4. The average molecular weight is 1440 g/mol. The predicted octanol–water partition coefficient (Wildman–Crippen LogP) is 13.0. The van der Waals surface area contributed by atoms with Crippen LogP contribution in [0.3, 0.4) is 0 Å². The van der Waals surface area contributed by atoms with Gasteiger partial charge in [0.05, 0.1) is 68.8 Å². The molecule has 0 bridgehead atoms. The number of pyridine rings is 7. The van der Waals surface area contributed by atoms with Crippen LogP contribution in [0, 0.1) is 5.92 Å². The summed E-state index contributed by atoms with van der Waals surface area (Å²) in [7, 11) is 4.69. The van der Waals surface area contributed by atoms with Crippen LogP contribution in [0.5, 0.6) is 46.3 Å². The number of nitrogens with zero attached hydrogens (tertiary/aromatic N) is 7. The molecule has 0 radical (unpaired) electrons. The smallest absolute Gasteiger partial charge is 0.407 e. The summed E-state index contributed by atoms with van der Waals surface area (Å²) in [6, 6.07) is 47.4. The number of rotatable bonds is 19. The lowest BCUT2D eigenvalue weighted by atomic mass is 10.0. The molecule has 6 N–H and O–H groups in total. The molecule has 0 aliphatic carbocycles. The minimum Gasteiger partial charge on any atom is -0.504 e. The molecule has 24 nitrogen and oxygen atoms in total. The van der Waals surface area contributed by atoms with E-state index in [0.29, 0.717) is 74.0 Å². The molecule has 5 aromatic carbocycles. The number of carbonyl (C=O) groups is 3. The minimum absolute atomic E-state index is 0.0695. The van der Waals surface area contributed by atoms with Crippen LogP contribution in [-0.2, 0) is 20.9 Å². The molecule has 0 unspecified atom stereocenters. The lowest BCUT2D eigenvalue weighted by Crippen LogP contribution is -2.31. The van der Waals surface area contributed by atoms with Gasteiger partial charge in [0.2, 0.25) is 17.7 Å². The lowest BCUT2D eigenvalue weighted by molar-refractivity contribution is -0.119. The number of halogens is 1. The summed E-state index contributed by atoms with van der Waals surface area (Å²) < 4.78 is 50.9. The maximum absolute atomic E-state index is 11.4. The van der Waals surface area contributed by atoms with E-state index >= 15 is 0 Å². The van der Waals surface area contributed by atoms with Gasteiger partial charge in [-0.2, -0.15) is 0 Å². The first-order valence-electron chi connectivity index (χ1n) is 32.3. The summed E-state index contributed by atoms with van der Waals surface area (Å²) in [4.78, 5) is 64.4. The maximum atomic E-state index is 11.4. The lowest BCUT2D eigenvalue weighted by Gasteiger charge is -2.20. The van der Waals surface area contributed by atoms with E-state index < -0.39 is 12.2 Å². The highest BCUT2D eigenvalue weighted by Gasteiger charge is 2.30. The molecule has 3 saturated heterocycles. The van der Waals surface area contributed by atoms with Crippen LogP contribution in [0.1, 0.15) is 24.6 Å². The van der Waals surface area contributed by atoms with Gasteiger partial charge in [-0.3, -0.25) is 29.7 Å². The quantitative estimate of drug-likeness (QED) is 0.0502. The Bertz CT molecular complexity index is 5020. The van der Waals surface area contributed by atoms with Crippen molar-refractivity contribution in [1.29, 1.82) is 0 Å². The molecule has 25 heteroatoms. The SMILES string of the molecule is C=C(N)c1cccnc1COc1cc(Br)cc2ncccc12.COc1cc(-c2cc(OC[C@H]3CNC(=O)C3)c3cccnc3c2)ccc1O.COc1ccc(-c2cc(OC[C@H]3CNC(=O)O3)c3cccnc3c2)cn1.COc1ccc(-c2cc(O[C@H](C)[C@H]3CNC(=O)O3)c3cccnc3c2)cn1. The van der Waals surface area contributed by atoms with Gasteiger partial charge in [-0.05, 0) is 163 Å². The molecule has 3 fully saturated rings. The second kappa shape index (κ2) is 32.5. The third kappa shape index (κ3) is 17.2. The Labute approximate surface area is 594 Å². The van der Waals surface area contributed by atoms with E-state index in [4.69, 9.17) is 48.4 Å². The molecule has 3 aliphatic heterocycles. The number of methoxy groups -OCH3 is 3. The van der Waals surface area contributed by atoms with Crippen molar-refractivity contribution in [2.45, 2.75) is 38.3 Å². The standard InChI is InChI=1S/C21H20N2O4.C20H19N3O4.C19H17N3O4.C17H14BrN3O/c1-26-20-9-14(4-5-18(20)24)15-8-17-16(3-2-6-22-17)19(10-15)27-12-13-7-21(25)23-11-13;1-12(18-11-23-20(24)27-18)26-17-9-14(8-16-15(17)4-3-7-21-16)13-5-6-19(25-2)22-10-13;1-24-18-5-4-12(9-21-18)13-7-16-15(3-2-6-20-16)17(8-13)25-11-14-10-22-19(23)26-14;1-11(19)13-4-2-7-21-16(13)10-22-17-9-12(18)8-15-14(17)5-3-6-20-15/h2-6,8-10,13,24H,7,11-12H2,1H3,(H,23,25);3-10,12,18H,11H2,1-2H3,(H,23,24);2-9,14H,10-11H2,1H3,(H,22,23);2-9H,1,10,19H2/t13-;12-,18-;14-;/m111./s1. The van der Waals surface area contributed by atoms with Crippen LogP contribution < -0.4 is 54.8 Å². The second-order valence-corrected chi connectivity index (χ2v) is 24.5. The molecule has 10 heterocycles. The van der Waals surface area contributed by atoms with E-state index in [1.807, 2.05) is 146 Å². The number of phenolic OH excluding ortho intramolecular Hbond substituents is 1. The average Bonchev–Trinajstić information content (AvgIpc) is 0.838. The van der Waals surface area contributed by atoms with E-state index in [-0.39, 0.29) is 42.5 Å².